The van der Waals surface area contributed by atoms with Crippen molar-refractivity contribution in [3.05, 3.63) is 58.7 Å². The van der Waals surface area contributed by atoms with Gasteiger partial charge in [0.25, 0.3) is 0 Å². The maximum atomic E-state index is 6.79. The van der Waals surface area contributed by atoms with Gasteiger partial charge in [-0.05, 0) is 48.3 Å². The van der Waals surface area contributed by atoms with E-state index in [1.165, 1.54) is 22.4 Å². The van der Waals surface area contributed by atoms with Gasteiger partial charge in [-0.15, -0.1) is 0 Å². The van der Waals surface area contributed by atoms with Crippen molar-refractivity contribution in [2.75, 3.05) is 0 Å². The van der Waals surface area contributed by atoms with Crippen LogP contribution in [0, 0.1) is 6.92 Å². The number of hydrogen-bond donors (Lipinski definition) is 1. The molecule has 3 rings (SSSR count). The first-order chi connectivity index (χ1) is 10.3. The number of nitrogens with zero attached hydrogens (tertiary/aromatic N) is 2. The maximum Gasteiger partial charge on any atom is 0.125 e. The van der Waals surface area contributed by atoms with Crippen LogP contribution in [0.3, 0.4) is 0 Å². The molecule has 0 fully saturated rings. The summed E-state index contributed by atoms with van der Waals surface area (Å²) in [6, 6.07) is 8.76. The number of benzene rings is 1. The third kappa shape index (κ3) is 2.78. The van der Waals surface area contributed by atoms with E-state index in [1.807, 2.05) is 13.1 Å². The molecule has 22 heavy (non-hydrogen) atoms. The van der Waals surface area contributed by atoms with Gasteiger partial charge in [-0.3, -0.25) is 0 Å². The number of fused-ring (bicyclic) bond motifs is 1. The van der Waals surface area contributed by atoms with Gasteiger partial charge < -0.3 is 5.73 Å². The first kappa shape index (κ1) is 15.2. The minimum absolute atomic E-state index is 0.138. The molecule has 1 atom stereocenters. The lowest BCUT2D eigenvalue weighted by Gasteiger charge is -2.35. The van der Waals surface area contributed by atoms with Crippen LogP contribution in [0.2, 0.25) is 0 Å². The van der Waals surface area contributed by atoms with Gasteiger partial charge >= 0.3 is 0 Å². The Kier molecular flexibility index (Phi) is 3.56. The van der Waals surface area contributed by atoms with E-state index in [-0.39, 0.29) is 11.0 Å². The van der Waals surface area contributed by atoms with E-state index in [0.29, 0.717) is 0 Å². The molecule has 1 aromatic heterocycles. The monoisotopic (exact) mass is 295 g/mol. The molecule has 1 aliphatic carbocycles. The minimum Gasteiger partial charge on any atom is -0.321 e. The normalized spacial score (nSPS) is 21.5. The Morgan fingerprint density at radius 3 is 2.73 bits per heavy atom. The van der Waals surface area contributed by atoms with Crippen molar-refractivity contribution in [3.63, 3.8) is 0 Å². The summed E-state index contributed by atoms with van der Waals surface area (Å²) < 4.78 is 0. The fraction of sp³-hybridized carbons (Fsp3) is 0.474. The molecule has 0 saturated heterocycles. The van der Waals surface area contributed by atoms with Crippen molar-refractivity contribution < 1.29 is 0 Å². The molecule has 1 unspecified atom stereocenters. The second-order valence-electron chi connectivity index (χ2n) is 7.55. The van der Waals surface area contributed by atoms with E-state index < -0.39 is 0 Å². The molecule has 1 aromatic carbocycles. The SMILES string of the molecule is Cc1ncc2c(n1)CCC(N)(c1cccc(C(C)(C)C)c1)C2. The minimum atomic E-state index is -0.313. The third-order valence-electron chi connectivity index (χ3n) is 4.69. The molecule has 2 aromatic rings. The van der Waals surface area contributed by atoms with Crippen LogP contribution in [-0.2, 0) is 23.8 Å². The summed E-state index contributed by atoms with van der Waals surface area (Å²) in [5.74, 6) is 0.845. The maximum absolute atomic E-state index is 6.79. The number of nitrogens with two attached hydrogens (primary N) is 1. The molecule has 0 aliphatic heterocycles. The summed E-state index contributed by atoms with van der Waals surface area (Å²) in [5.41, 5.74) is 11.5. The zero-order valence-corrected chi connectivity index (χ0v) is 14.0. The number of rotatable bonds is 1. The summed E-state index contributed by atoms with van der Waals surface area (Å²) in [7, 11) is 0. The van der Waals surface area contributed by atoms with E-state index in [1.54, 1.807) is 0 Å². The highest BCUT2D eigenvalue weighted by Gasteiger charge is 2.33. The summed E-state index contributed by atoms with van der Waals surface area (Å²) in [6.45, 7) is 8.66. The Balaban J connectivity index is 1.97. The zero-order valence-electron chi connectivity index (χ0n) is 14.0. The highest BCUT2D eigenvalue weighted by atomic mass is 14.9. The fourth-order valence-electron chi connectivity index (χ4n) is 3.22. The molecule has 2 N–H and O–H groups in total. The van der Waals surface area contributed by atoms with Gasteiger partial charge in [-0.2, -0.15) is 0 Å². The summed E-state index contributed by atoms with van der Waals surface area (Å²) in [6.07, 6.45) is 4.63. The van der Waals surface area contributed by atoms with Gasteiger partial charge in [0.1, 0.15) is 5.82 Å². The van der Waals surface area contributed by atoms with E-state index in [2.05, 4.69) is 55.0 Å². The number of hydrogen-bond acceptors (Lipinski definition) is 3. The van der Waals surface area contributed by atoms with Crippen LogP contribution in [0.15, 0.2) is 30.5 Å². The van der Waals surface area contributed by atoms with Crippen LogP contribution < -0.4 is 5.73 Å². The Labute approximate surface area is 133 Å². The molecule has 0 saturated carbocycles. The van der Waals surface area contributed by atoms with Crippen LogP contribution in [0.5, 0.6) is 0 Å². The van der Waals surface area contributed by atoms with Crippen LogP contribution in [0.4, 0.5) is 0 Å². The van der Waals surface area contributed by atoms with E-state index in [0.717, 1.165) is 25.1 Å². The van der Waals surface area contributed by atoms with Crippen molar-refractivity contribution in [3.8, 4) is 0 Å². The molecule has 3 heteroatoms. The molecule has 1 heterocycles. The Hall–Kier alpha value is -1.74. The van der Waals surface area contributed by atoms with Gasteiger partial charge in [0.15, 0.2) is 0 Å². The molecule has 0 spiro atoms. The topological polar surface area (TPSA) is 51.8 Å². The van der Waals surface area contributed by atoms with Crippen molar-refractivity contribution in [2.24, 2.45) is 5.73 Å². The predicted molar refractivity (Wildman–Crippen MR) is 89.8 cm³/mol. The van der Waals surface area contributed by atoms with Gasteiger partial charge in [0.05, 0.1) is 0 Å². The lowest BCUT2D eigenvalue weighted by molar-refractivity contribution is 0.378. The molecule has 116 valence electrons. The van der Waals surface area contributed by atoms with Crippen LogP contribution in [-0.4, -0.2) is 9.97 Å². The fourth-order valence-corrected chi connectivity index (χ4v) is 3.22. The van der Waals surface area contributed by atoms with E-state index in [9.17, 15) is 0 Å². The summed E-state index contributed by atoms with van der Waals surface area (Å²) in [5, 5.41) is 0. The molecular formula is C19H25N3. The summed E-state index contributed by atoms with van der Waals surface area (Å²) in [4.78, 5) is 8.90. The zero-order chi connectivity index (χ0) is 16.0. The number of aromatic nitrogens is 2. The Morgan fingerprint density at radius 1 is 1.23 bits per heavy atom. The molecule has 0 amide bonds. The van der Waals surface area contributed by atoms with E-state index in [4.69, 9.17) is 5.73 Å². The first-order valence-corrected chi connectivity index (χ1v) is 7.99. The third-order valence-corrected chi connectivity index (χ3v) is 4.69. The Bertz CT molecular complexity index is 700. The van der Waals surface area contributed by atoms with Crippen molar-refractivity contribution in [2.45, 2.75) is 57.9 Å². The number of aryl methyl sites for hydroxylation is 2. The van der Waals surface area contributed by atoms with E-state index >= 15 is 0 Å². The molecule has 0 bridgehead atoms. The van der Waals surface area contributed by atoms with Gasteiger partial charge in [-0.25, -0.2) is 9.97 Å². The van der Waals surface area contributed by atoms with Crippen molar-refractivity contribution in [1.82, 2.24) is 9.97 Å². The average molecular weight is 295 g/mol. The molecule has 3 nitrogen and oxygen atoms in total. The van der Waals surface area contributed by atoms with Gasteiger partial charge in [-0.1, -0.05) is 45.0 Å². The lowest BCUT2D eigenvalue weighted by Crippen LogP contribution is -2.42. The first-order valence-electron chi connectivity index (χ1n) is 7.99. The smallest absolute Gasteiger partial charge is 0.125 e. The van der Waals surface area contributed by atoms with Gasteiger partial charge in [0.2, 0.25) is 0 Å². The van der Waals surface area contributed by atoms with Crippen LogP contribution >= 0.6 is 0 Å². The molecule has 0 radical (unpaired) electrons. The largest absolute Gasteiger partial charge is 0.321 e. The average Bonchev–Trinajstić information content (AvgIpc) is 2.47. The predicted octanol–water partition coefficient (Wildman–Crippen LogP) is 3.43. The highest BCUT2D eigenvalue weighted by Crippen LogP contribution is 2.35. The van der Waals surface area contributed by atoms with Crippen LogP contribution in [0.25, 0.3) is 0 Å². The highest BCUT2D eigenvalue weighted by molar-refractivity contribution is 5.37. The quantitative estimate of drug-likeness (QED) is 0.877. The standard InChI is InChI=1S/C19H25N3/c1-13-21-12-14-11-19(20,9-8-17(14)22-13)16-7-5-6-15(10-16)18(2,3)4/h5-7,10,12H,8-9,11,20H2,1-4H3. The molecule has 1 aliphatic rings. The second-order valence-corrected chi connectivity index (χ2v) is 7.55. The lowest BCUT2D eigenvalue weighted by atomic mass is 9.74. The van der Waals surface area contributed by atoms with Crippen molar-refractivity contribution in [1.29, 1.82) is 0 Å². The van der Waals surface area contributed by atoms with Crippen LogP contribution in [0.1, 0.15) is 55.4 Å². The Morgan fingerprint density at radius 2 is 2.00 bits per heavy atom. The van der Waals surface area contributed by atoms with Gasteiger partial charge in [0, 0.05) is 17.4 Å². The molecular weight excluding hydrogens is 270 g/mol. The summed E-state index contributed by atoms with van der Waals surface area (Å²) >= 11 is 0. The second kappa shape index (κ2) is 5.17. The van der Waals surface area contributed by atoms with Crippen molar-refractivity contribution >= 4 is 0 Å².